The molecule has 3 heteroatoms. The fraction of sp³-hybridized carbons (Fsp3) is 0.750. The Morgan fingerprint density at radius 2 is 2.27 bits per heavy atom. The second-order valence-electron chi connectivity index (χ2n) is 3.12. The van der Waals surface area contributed by atoms with Gasteiger partial charge in [0.1, 0.15) is 6.10 Å². The quantitative estimate of drug-likeness (QED) is 0.584. The molecule has 1 saturated heterocycles. The Hall–Kier alpha value is -0.410. The second kappa shape index (κ2) is 2.91. The molecule has 0 bridgehead atoms. The van der Waals surface area contributed by atoms with Crippen molar-refractivity contribution in [1.29, 1.82) is 0 Å². The van der Waals surface area contributed by atoms with E-state index in [1.807, 2.05) is 13.8 Å². The van der Waals surface area contributed by atoms with Crippen LogP contribution in [0.25, 0.3) is 0 Å². The van der Waals surface area contributed by atoms with Crippen molar-refractivity contribution in [2.75, 3.05) is 6.61 Å². The number of hydrogen-bond acceptors (Lipinski definition) is 2. The maximum absolute atomic E-state index is 12.3. The lowest BCUT2D eigenvalue weighted by molar-refractivity contribution is -0.133. The number of allylic oxidation sites excluding steroid dienone is 1. The summed E-state index contributed by atoms with van der Waals surface area (Å²) in [6, 6.07) is 0. The lowest BCUT2D eigenvalue weighted by atomic mass is 10.3. The van der Waals surface area contributed by atoms with Crippen LogP contribution >= 0.6 is 0 Å². The second-order valence-corrected chi connectivity index (χ2v) is 3.12. The molecule has 0 N–H and O–H groups in total. The van der Waals surface area contributed by atoms with Crippen molar-refractivity contribution in [2.24, 2.45) is 0 Å². The summed E-state index contributed by atoms with van der Waals surface area (Å²) >= 11 is 0. The number of hydrogen-bond donors (Lipinski definition) is 0. The van der Waals surface area contributed by atoms with Crippen LogP contribution in [-0.2, 0) is 9.47 Å². The average molecular weight is 160 g/mol. The fourth-order valence-electron chi connectivity index (χ4n) is 1.05. The normalized spacial score (nSPS) is 30.9. The summed E-state index contributed by atoms with van der Waals surface area (Å²) in [7, 11) is 0. The molecular formula is C8H13FO2. The Labute approximate surface area is 66.0 Å². The van der Waals surface area contributed by atoms with Crippen LogP contribution in [-0.4, -0.2) is 18.5 Å². The first-order valence-corrected chi connectivity index (χ1v) is 3.65. The summed E-state index contributed by atoms with van der Waals surface area (Å²) in [5.74, 6) is -0.785. The molecule has 1 atom stereocenters. The van der Waals surface area contributed by atoms with Crippen LogP contribution in [0, 0.1) is 0 Å². The molecule has 0 saturated carbocycles. The van der Waals surface area contributed by atoms with E-state index in [1.54, 1.807) is 0 Å². The van der Waals surface area contributed by atoms with E-state index < -0.39 is 5.79 Å². The van der Waals surface area contributed by atoms with Crippen molar-refractivity contribution in [2.45, 2.75) is 32.7 Å². The van der Waals surface area contributed by atoms with Crippen LogP contribution in [0.2, 0.25) is 0 Å². The Balaban J connectivity index is 2.49. The van der Waals surface area contributed by atoms with Gasteiger partial charge in [-0.1, -0.05) is 0 Å². The van der Waals surface area contributed by atoms with Crippen molar-refractivity contribution in [3.8, 4) is 0 Å². The van der Waals surface area contributed by atoms with Crippen LogP contribution in [0.3, 0.4) is 0 Å². The summed E-state index contributed by atoms with van der Waals surface area (Å²) in [4.78, 5) is 0. The smallest absolute Gasteiger partial charge is 0.163 e. The minimum atomic E-state index is -0.559. The Kier molecular flexibility index (Phi) is 2.30. The molecule has 2 nitrogen and oxygen atoms in total. The van der Waals surface area contributed by atoms with Gasteiger partial charge in [0.15, 0.2) is 5.79 Å². The highest BCUT2D eigenvalue weighted by atomic mass is 19.1. The molecule has 0 amide bonds. The third-order valence-corrected chi connectivity index (χ3v) is 1.45. The van der Waals surface area contributed by atoms with Gasteiger partial charge >= 0.3 is 0 Å². The molecular weight excluding hydrogens is 147 g/mol. The Morgan fingerprint density at radius 3 is 2.64 bits per heavy atom. The monoisotopic (exact) mass is 160 g/mol. The number of halogens is 1. The molecule has 1 unspecified atom stereocenters. The SMILES string of the molecule is C/C(F)=C\C1COC(C)(C)O1. The van der Waals surface area contributed by atoms with Crippen molar-refractivity contribution >= 4 is 0 Å². The van der Waals surface area contributed by atoms with Crippen LogP contribution < -0.4 is 0 Å². The largest absolute Gasteiger partial charge is 0.347 e. The zero-order valence-corrected chi connectivity index (χ0v) is 7.06. The summed E-state index contributed by atoms with van der Waals surface area (Å²) in [5.41, 5.74) is 0. The first-order valence-electron chi connectivity index (χ1n) is 3.65. The highest BCUT2D eigenvalue weighted by Gasteiger charge is 2.31. The van der Waals surface area contributed by atoms with E-state index >= 15 is 0 Å². The number of rotatable bonds is 1. The molecule has 0 radical (unpaired) electrons. The first kappa shape index (κ1) is 8.68. The predicted octanol–water partition coefficient (Wildman–Crippen LogP) is 2.01. The predicted molar refractivity (Wildman–Crippen MR) is 39.8 cm³/mol. The molecule has 0 aromatic carbocycles. The minimum Gasteiger partial charge on any atom is -0.347 e. The van der Waals surface area contributed by atoms with Gasteiger partial charge in [0.25, 0.3) is 0 Å². The molecule has 1 heterocycles. The van der Waals surface area contributed by atoms with E-state index in [4.69, 9.17) is 9.47 Å². The highest BCUT2D eigenvalue weighted by Crippen LogP contribution is 2.23. The molecule has 0 aromatic rings. The van der Waals surface area contributed by atoms with Gasteiger partial charge in [0, 0.05) is 0 Å². The maximum atomic E-state index is 12.3. The molecule has 1 aliphatic rings. The highest BCUT2D eigenvalue weighted by molar-refractivity contribution is 4.96. The topological polar surface area (TPSA) is 18.5 Å². The maximum Gasteiger partial charge on any atom is 0.163 e. The van der Waals surface area contributed by atoms with E-state index in [0.29, 0.717) is 6.61 Å². The lowest BCUT2D eigenvalue weighted by Crippen LogP contribution is -2.20. The molecule has 1 aliphatic heterocycles. The summed E-state index contributed by atoms with van der Waals surface area (Å²) in [5, 5.41) is 0. The van der Waals surface area contributed by atoms with Gasteiger partial charge in [-0.25, -0.2) is 4.39 Å². The van der Waals surface area contributed by atoms with Crippen LogP contribution in [0.4, 0.5) is 4.39 Å². The van der Waals surface area contributed by atoms with Gasteiger partial charge in [-0.3, -0.25) is 0 Å². The molecule has 64 valence electrons. The summed E-state index contributed by atoms with van der Waals surface area (Å²) in [6.45, 7) is 5.46. The van der Waals surface area contributed by atoms with Crippen molar-refractivity contribution in [3.63, 3.8) is 0 Å². The molecule has 1 rings (SSSR count). The van der Waals surface area contributed by atoms with Gasteiger partial charge in [-0.2, -0.15) is 0 Å². The van der Waals surface area contributed by atoms with Gasteiger partial charge < -0.3 is 9.47 Å². The lowest BCUT2D eigenvalue weighted by Gasteiger charge is -2.15. The minimum absolute atomic E-state index is 0.226. The van der Waals surface area contributed by atoms with Gasteiger partial charge in [-0.15, -0.1) is 0 Å². The van der Waals surface area contributed by atoms with Crippen LogP contribution in [0.1, 0.15) is 20.8 Å². The van der Waals surface area contributed by atoms with Gasteiger partial charge in [0.05, 0.1) is 12.4 Å². The summed E-state index contributed by atoms with van der Waals surface area (Å²) in [6.07, 6.45) is 1.20. The average Bonchev–Trinajstić information content (AvgIpc) is 2.08. The standard InChI is InChI=1S/C8H13FO2/c1-6(9)4-7-5-10-8(2,3)11-7/h4,7H,5H2,1-3H3/b6-4+. The first-order chi connectivity index (χ1) is 4.99. The molecule has 1 fully saturated rings. The van der Waals surface area contributed by atoms with E-state index in [0.717, 1.165) is 0 Å². The fourth-order valence-corrected chi connectivity index (χ4v) is 1.05. The van der Waals surface area contributed by atoms with E-state index in [2.05, 4.69) is 0 Å². The van der Waals surface area contributed by atoms with E-state index in [1.165, 1.54) is 13.0 Å². The van der Waals surface area contributed by atoms with E-state index in [9.17, 15) is 4.39 Å². The Morgan fingerprint density at radius 1 is 1.64 bits per heavy atom. The number of ether oxygens (including phenoxy) is 2. The molecule has 0 aliphatic carbocycles. The third kappa shape index (κ3) is 2.60. The molecule has 0 aromatic heterocycles. The Bertz CT molecular complexity index is 171. The van der Waals surface area contributed by atoms with Crippen molar-refractivity contribution < 1.29 is 13.9 Å². The molecule has 11 heavy (non-hydrogen) atoms. The van der Waals surface area contributed by atoms with Crippen LogP contribution in [0.5, 0.6) is 0 Å². The third-order valence-electron chi connectivity index (χ3n) is 1.45. The van der Waals surface area contributed by atoms with Gasteiger partial charge in [-0.05, 0) is 26.8 Å². The zero-order chi connectivity index (χ0) is 8.48. The van der Waals surface area contributed by atoms with Crippen molar-refractivity contribution in [3.05, 3.63) is 11.9 Å². The van der Waals surface area contributed by atoms with Crippen molar-refractivity contribution in [1.82, 2.24) is 0 Å². The van der Waals surface area contributed by atoms with E-state index in [-0.39, 0.29) is 11.9 Å². The zero-order valence-electron chi connectivity index (χ0n) is 7.06. The molecule has 0 spiro atoms. The van der Waals surface area contributed by atoms with Gasteiger partial charge in [0.2, 0.25) is 0 Å². The summed E-state index contributed by atoms with van der Waals surface area (Å²) < 4.78 is 22.9. The van der Waals surface area contributed by atoms with Crippen LogP contribution in [0.15, 0.2) is 11.9 Å².